The highest BCUT2D eigenvalue weighted by Crippen LogP contribution is 2.07. The summed E-state index contributed by atoms with van der Waals surface area (Å²) < 4.78 is 0. The Morgan fingerprint density at radius 2 is 1.30 bits per heavy atom. The standard InChI is InChI=1S/C9H12.C6H14.C3H6O.2C2H6/c1-7-4-5-8(2)9(3)6-7;1-4-5-6(2)3;1-3(2)4;2*1-2/h4-6H,1-3H3;6H,4-5H2,1-3H3;1-2H3;2*1-2H3. The third-order valence-corrected chi connectivity index (χ3v) is 2.53. The van der Waals surface area contributed by atoms with Crippen LogP contribution in [0.15, 0.2) is 18.2 Å². The second-order valence-electron chi connectivity index (χ2n) is 5.68. The Labute approximate surface area is 147 Å². The van der Waals surface area contributed by atoms with Gasteiger partial charge in [-0.05, 0) is 51.7 Å². The van der Waals surface area contributed by atoms with Crippen molar-refractivity contribution in [2.45, 2.75) is 95.9 Å². The summed E-state index contributed by atoms with van der Waals surface area (Å²) in [6.07, 6.45) is 2.71. The summed E-state index contributed by atoms with van der Waals surface area (Å²) in [5.41, 5.74) is 4.11. The first-order valence-electron chi connectivity index (χ1n) is 9.21. The first-order chi connectivity index (χ1) is 10.7. The smallest absolute Gasteiger partial charge is 0.126 e. The van der Waals surface area contributed by atoms with Crippen LogP contribution in [0.4, 0.5) is 0 Å². The maximum absolute atomic E-state index is 9.44. The minimum absolute atomic E-state index is 0.167. The quantitative estimate of drug-likeness (QED) is 0.544. The molecule has 1 aromatic rings. The van der Waals surface area contributed by atoms with E-state index in [9.17, 15) is 4.79 Å². The fourth-order valence-corrected chi connectivity index (χ4v) is 1.47. The Morgan fingerprint density at radius 1 is 0.913 bits per heavy atom. The van der Waals surface area contributed by atoms with Gasteiger partial charge in [-0.15, -0.1) is 0 Å². The van der Waals surface area contributed by atoms with Crippen molar-refractivity contribution in [3.63, 3.8) is 0 Å². The molecular weight excluding hydrogens is 280 g/mol. The first-order valence-corrected chi connectivity index (χ1v) is 9.21. The summed E-state index contributed by atoms with van der Waals surface area (Å²) >= 11 is 0. The van der Waals surface area contributed by atoms with Crippen LogP contribution in [0.3, 0.4) is 0 Å². The van der Waals surface area contributed by atoms with Gasteiger partial charge in [0.2, 0.25) is 0 Å². The molecule has 0 aliphatic rings. The molecule has 0 unspecified atom stereocenters. The number of carbonyl (C=O) groups is 1. The third kappa shape index (κ3) is 33.6. The van der Waals surface area contributed by atoms with Crippen molar-refractivity contribution in [1.29, 1.82) is 0 Å². The molecule has 0 bridgehead atoms. The third-order valence-electron chi connectivity index (χ3n) is 2.53. The monoisotopic (exact) mass is 324 g/mol. The number of ketones is 1. The average molecular weight is 325 g/mol. The van der Waals surface area contributed by atoms with Crippen LogP contribution in [0.5, 0.6) is 0 Å². The molecule has 1 nitrogen and oxygen atoms in total. The van der Waals surface area contributed by atoms with Crippen LogP contribution in [0, 0.1) is 26.7 Å². The largest absolute Gasteiger partial charge is 0.300 e. The summed E-state index contributed by atoms with van der Waals surface area (Å²) in [6.45, 7) is 24.2. The van der Waals surface area contributed by atoms with Crippen LogP contribution in [0.2, 0.25) is 0 Å². The molecule has 0 spiro atoms. The molecule has 0 aliphatic carbocycles. The van der Waals surface area contributed by atoms with E-state index in [1.165, 1.54) is 43.4 Å². The van der Waals surface area contributed by atoms with E-state index in [0.717, 1.165) is 5.92 Å². The fraction of sp³-hybridized carbons (Fsp3) is 0.682. The molecule has 0 fully saturated rings. The zero-order chi connectivity index (χ0) is 19.4. The van der Waals surface area contributed by atoms with Crippen molar-refractivity contribution >= 4 is 5.78 Å². The number of hydrogen-bond donors (Lipinski definition) is 0. The van der Waals surface area contributed by atoms with Crippen molar-refractivity contribution in [2.75, 3.05) is 0 Å². The van der Waals surface area contributed by atoms with Crippen LogP contribution in [0.1, 0.15) is 91.8 Å². The average Bonchev–Trinajstić information content (AvgIpc) is 2.47. The summed E-state index contributed by atoms with van der Waals surface area (Å²) in [6, 6.07) is 6.50. The highest BCUT2D eigenvalue weighted by atomic mass is 16.1. The maximum atomic E-state index is 9.44. The van der Waals surface area contributed by atoms with E-state index in [2.05, 4.69) is 59.7 Å². The van der Waals surface area contributed by atoms with Crippen LogP contribution in [-0.2, 0) is 4.79 Å². The predicted octanol–water partition coefficient (Wildman–Crippen LogP) is 7.70. The van der Waals surface area contributed by atoms with E-state index in [1.807, 2.05) is 27.7 Å². The summed E-state index contributed by atoms with van der Waals surface area (Å²) in [5.74, 6) is 1.06. The normalized spacial score (nSPS) is 8.04. The first kappa shape index (κ1) is 29.8. The Hall–Kier alpha value is -1.11. The van der Waals surface area contributed by atoms with E-state index in [4.69, 9.17) is 0 Å². The van der Waals surface area contributed by atoms with Gasteiger partial charge in [-0.2, -0.15) is 0 Å². The summed E-state index contributed by atoms with van der Waals surface area (Å²) in [7, 11) is 0. The van der Waals surface area contributed by atoms with E-state index in [1.54, 1.807) is 0 Å². The highest BCUT2D eigenvalue weighted by Gasteiger charge is 1.89. The predicted molar refractivity (Wildman–Crippen MR) is 109 cm³/mol. The van der Waals surface area contributed by atoms with E-state index >= 15 is 0 Å². The van der Waals surface area contributed by atoms with Gasteiger partial charge in [-0.25, -0.2) is 0 Å². The van der Waals surface area contributed by atoms with E-state index in [-0.39, 0.29) is 5.78 Å². The lowest BCUT2D eigenvalue weighted by Gasteiger charge is -1.98. The van der Waals surface area contributed by atoms with Gasteiger partial charge in [-0.1, -0.05) is 85.1 Å². The summed E-state index contributed by atoms with van der Waals surface area (Å²) in [5, 5.41) is 0. The van der Waals surface area contributed by atoms with Crippen LogP contribution in [0.25, 0.3) is 0 Å². The van der Waals surface area contributed by atoms with Crippen LogP contribution < -0.4 is 0 Å². The SMILES string of the molecule is CC.CC.CC(C)=O.CCCC(C)C.Cc1ccc(C)c(C)c1. The summed E-state index contributed by atoms with van der Waals surface area (Å²) in [4.78, 5) is 9.44. The second-order valence-corrected chi connectivity index (χ2v) is 5.68. The van der Waals surface area contributed by atoms with Crippen LogP contribution in [-0.4, -0.2) is 5.78 Å². The van der Waals surface area contributed by atoms with Gasteiger partial charge in [0.05, 0.1) is 0 Å². The number of benzene rings is 1. The van der Waals surface area contributed by atoms with Gasteiger partial charge in [0.15, 0.2) is 0 Å². The van der Waals surface area contributed by atoms with Gasteiger partial charge in [0, 0.05) is 0 Å². The zero-order valence-corrected chi connectivity index (χ0v) is 18.1. The molecule has 0 aliphatic heterocycles. The molecule has 1 aromatic carbocycles. The van der Waals surface area contributed by atoms with Gasteiger partial charge in [0.1, 0.15) is 5.78 Å². The molecule has 1 rings (SSSR count). The van der Waals surface area contributed by atoms with Crippen molar-refractivity contribution in [1.82, 2.24) is 0 Å². The second kappa shape index (κ2) is 23.2. The molecule has 0 amide bonds. The minimum Gasteiger partial charge on any atom is -0.300 e. The maximum Gasteiger partial charge on any atom is 0.126 e. The van der Waals surface area contributed by atoms with Crippen molar-refractivity contribution in [3.05, 3.63) is 34.9 Å². The molecular formula is C22H44O. The number of rotatable bonds is 2. The topological polar surface area (TPSA) is 17.1 Å². The van der Waals surface area contributed by atoms with E-state index < -0.39 is 0 Å². The molecule has 0 aromatic heterocycles. The molecule has 0 saturated carbocycles. The van der Waals surface area contributed by atoms with Gasteiger partial charge in [-0.3, -0.25) is 0 Å². The molecule has 0 radical (unpaired) electrons. The lowest BCUT2D eigenvalue weighted by molar-refractivity contribution is -0.114. The minimum atomic E-state index is 0.167. The lowest BCUT2D eigenvalue weighted by Crippen LogP contribution is -1.81. The zero-order valence-electron chi connectivity index (χ0n) is 18.1. The molecule has 138 valence electrons. The Morgan fingerprint density at radius 3 is 1.48 bits per heavy atom. The van der Waals surface area contributed by atoms with Gasteiger partial charge in [0.25, 0.3) is 0 Å². The number of aryl methyl sites for hydroxylation is 3. The lowest BCUT2D eigenvalue weighted by atomic mass is 10.1. The number of Topliss-reactive ketones (excluding diaryl/α,β-unsaturated/α-hetero) is 1. The number of carbonyl (C=O) groups excluding carboxylic acids is 1. The molecule has 23 heavy (non-hydrogen) atoms. The molecule has 0 heterocycles. The highest BCUT2D eigenvalue weighted by molar-refractivity contribution is 5.72. The van der Waals surface area contributed by atoms with Crippen LogP contribution >= 0.6 is 0 Å². The van der Waals surface area contributed by atoms with Gasteiger partial charge < -0.3 is 4.79 Å². The Balaban J connectivity index is -0.000000113. The molecule has 1 heteroatoms. The van der Waals surface area contributed by atoms with Crippen molar-refractivity contribution in [3.8, 4) is 0 Å². The molecule has 0 N–H and O–H groups in total. The number of hydrogen-bond acceptors (Lipinski definition) is 1. The van der Waals surface area contributed by atoms with Gasteiger partial charge >= 0.3 is 0 Å². The fourth-order valence-electron chi connectivity index (χ4n) is 1.47. The molecule has 0 saturated heterocycles. The van der Waals surface area contributed by atoms with E-state index in [0.29, 0.717) is 0 Å². The Bertz CT molecular complexity index is 347. The van der Waals surface area contributed by atoms with Crippen molar-refractivity contribution < 1.29 is 4.79 Å². The molecule has 0 atom stereocenters. The van der Waals surface area contributed by atoms with Crippen molar-refractivity contribution in [2.24, 2.45) is 5.92 Å². The Kier molecular flexibility index (Phi) is 30.1.